The molecule has 0 aromatic rings. The van der Waals surface area contributed by atoms with Gasteiger partial charge in [0.1, 0.15) is 0 Å². The lowest BCUT2D eigenvalue weighted by molar-refractivity contribution is -0.151. The molecule has 1 saturated heterocycles. The minimum absolute atomic E-state index is 0.00444. The second-order valence-electron chi connectivity index (χ2n) is 6.12. The van der Waals surface area contributed by atoms with Crippen molar-refractivity contribution in [2.24, 2.45) is 5.92 Å². The first-order valence-corrected chi connectivity index (χ1v) is 6.65. The number of hydrogen-bond acceptors (Lipinski definition) is 3. The quantitative estimate of drug-likeness (QED) is 0.768. The Balaban J connectivity index is 2.37. The van der Waals surface area contributed by atoms with E-state index in [0.29, 0.717) is 25.9 Å². The van der Waals surface area contributed by atoms with E-state index in [1.165, 1.54) is 0 Å². The summed E-state index contributed by atoms with van der Waals surface area (Å²) in [6.45, 7) is 6.87. The lowest BCUT2D eigenvalue weighted by Crippen LogP contribution is -2.47. The van der Waals surface area contributed by atoms with Crippen LogP contribution in [0.3, 0.4) is 0 Å². The van der Waals surface area contributed by atoms with Gasteiger partial charge in [-0.3, -0.25) is 9.63 Å². The minimum atomic E-state index is -0.392. The minimum Gasteiger partial charge on any atom is -0.331 e. The van der Waals surface area contributed by atoms with Gasteiger partial charge in [-0.05, 0) is 33.6 Å². The summed E-state index contributed by atoms with van der Waals surface area (Å²) in [5.74, 6) is -0.166. The van der Waals surface area contributed by atoms with Crippen molar-refractivity contribution in [3.63, 3.8) is 0 Å². The van der Waals surface area contributed by atoms with Crippen molar-refractivity contribution in [3.05, 3.63) is 0 Å². The van der Waals surface area contributed by atoms with Crippen LogP contribution in [-0.2, 0) is 9.63 Å². The molecule has 0 unspecified atom stereocenters. The number of piperidine rings is 1. The molecule has 3 amide bonds. The summed E-state index contributed by atoms with van der Waals surface area (Å²) in [5.41, 5.74) is 2.11. The number of carbonyl (C=O) groups is 2. The second-order valence-corrected chi connectivity index (χ2v) is 6.12. The number of likely N-dealkylation sites (tertiary alicyclic amines) is 1. The summed E-state index contributed by atoms with van der Waals surface area (Å²) in [5, 5.41) is 0. The lowest BCUT2D eigenvalue weighted by Gasteiger charge is -2.33. The maximum atomic E-state index is 11.9. The molecule has 1 rings (SSSR count). The fraction of sp³-hybridized carbons (Fsp3) is 0.846. The second kappa shape index (κ2) is 6.23. The Morgan fingerprint density at radius 3 is 2.16 bits per heavy atom. The predicted molar refractivity (Wildman–Crippen MR) is 72.4 cm³/mol. The van der Waals surface area contributed by atoms with Crippen molar-refractivity contribution < 1.29 is 14.4 Å². The topological polar surface area (TPSA) is 61.9 Å². The molecule has 0 radical (unpaired) electrons. The van der Waals surface area contributed by atoms with Crippen molar-refractivity contribution in [1.29, 1.82) is 0 Å². The number of amides is 3. The average molecular weight is 271 g/mol. The molecule has 1 fully saturated rings. The van der Waals surface area contributed by atoms with Gasteiger partial charge in [-0.15, -0.1) is 0 Å². The van der Waals surface area contributed by atoms with Crippen molar-refractivity contribution in [3.8, 4) is 0 Å². The first-order chi connectivity index (χ1) is 8.70. The van der Waals surface area contributed by atoms with Crippen LogP contribution >= 0.6 is 0 Å². The first kappa shape index (κ1) is 15.8. The maximum Gasteiger partial charge on any atom is 0.319 e. The summed E-state index contributed by atoms with van der Waals surface area (Å²) < 4.78 is 0. The number of hydrogen-bond donors (Lipinski definition) is 1. The van der Waals surface area contributed by atoms with Crippen molar-refractivity contribution in [1.82, 2.24) is 15.3 Å². The van der Waals surface area contributed by atoms with E-state index in [4.69, 9.17) is 4.84 Å². The molecule has 1 aliphatic rings. The van der Waals surface area contributed by atoms with E-state index in [0.717, 1.165) is 0 Å². The zero-order chi connectivity index (χ0) is 14.6. The zero-order valence-corrected chi connectivity index (χ0v) is 12.5. The molecular formula is C13H25N3O3. The number of rotatable bonds is 2. The fourth-order valence-corrected chi connectivity index (χ4v) is 1.90. The summed E-state index contributed by atoms with van der Waals surface area (Å²) in [6.07, 6.45) is 1.36. The molecule has 1 N–H and O–H groups in total. The summed E-state index contributed by atoms with van der Waals surface area (Å²) in [7, 11) is 3.47. The molecule has 0 atom stereocenters. The van der Waals surface area contributed by atoms with Crippen LogP contribution in [0.5, 0.6) is 0 Å². The standard InChI is InChI=1S/C13H25N3O3/c1-13(2,3)19-14-11(17)10-6-8-16(9-7-10)12(18)15(4)5/h10H,6-9H2,1-5H3,(H,14,17). The van der Waals surface area contributed by atoms with Crippen LogP contribution in [0.2, 0.25) is 0 Å². The Morgan fingerprint density at radius 2 is 1.74 bits per heavy atom. The molecule has 0 aromatic carbocycles. The third kappa shape index (κ3) is 5.06. The van der Waals surface area contributed by atoms with Crippen LogP contribution in [0, 0.1) is 5.92 Å². The number of nitrogens with one attached hydrogen (secondary N) is 1. The molecule has 6 heteroatoms. The van der Waals surface area contributed by atoms with Crippen LogP contribution in [0.25, 0.3) is 0 Å². The van der Waals surface area contributed by atoms with Gasteiger partial charge < -0.3 is 9.80 Å². The van der Waals surface area contributed by atoms with E-state index in [2.05, 4.69) is 5.48 Å². The van der Waals surface area contributed by atoms with E-state index >= 15 is 0 Å². The van der Waals surface area contributed by atoms with Crippen molar-refractivity contribution in [2.75, 3.05) is 27.2 Å². The largest absolute Gasteiger partial charge is 0.331 e. The van der Waals surface area contributed by atoms with Gasteiger partial charge >= 0.3 is 6.03 Å². The SMILES string of the molecule is CN(C)C(=O)N1CCC(C(=O)NOC(C)(C)C)CC1. The molecule has 1 heterocycles. The number of urea groups is 1. The van der Waals surface area contributed by atoms with E-state index in [9.17, 15) is 9.59 Å². The highest BCUT2D eigenvalue weighted by molar-refractivity contribution is 5.78. The fourth-order valence-electron chi connectivity index (χ4n) is 1.90. The summed E-state index contributed by atoms with van der Waals surface area (Å²) >= 11 is 0. The van der Waals surface area contributed by atoms with Gasteiger partial charge in [-0.2, -0.15) is 0 Å². The van der Waals surface area contributed by atoms with Gasteiger partial charge in [0, 0.05) is 33.1 Å². The Morgan fingerprint density at radius 1 is 1.21 bits per heavy atom. The predicted octanol–water partition coefficient (Wildman–Crippen LogP) is 1.23. The van der Waals surface area contributed by atoms with E-state index < -0.39 is 5.60 Å². The average Bonchev–Trinajstić information content (AvgIpc) is 2.34. The monoisotopic (exact) mass is 271 g/mol. The number of carbonyl (C=O) groups excluding carboxylic acids is 2. The number of hydroxylamine groups is 1. The highest BCUT2D eigenvalue weighted by Gasteiger charge is 2.28. The molecular weight excluding hydrogens is 246 g/mol. The Kier molecular flexibility index (Phi) is 5.17. The Labute approximate surface area is 115 Å². The Hall–Kier alpha value is -1.30. The normalized spacial score (nSPS) is 17.2. The van der Waals surface area contributed by atoms with Gasteiger partial charge in [0.25, 0.3) is 0 Å². The van der Waals surface area contributed by atoms with Crippen LogP contribution in [0.1, 0.15) is 33.6 Å². The summed E-state index contributed by atoms with van der Waals surface area (Å²) in [6, 6.07) is 0.00444. The van der Waals surface area contributed by atoms with Gasteiger partial charge in [0.15, 0.2) is 0 Å². The molecule has 0 aromatic heterocycles. The highest BCUT2D eigenvalue weighted by Crippen LogP contribution is 2.18. The molecule has 19 heavy (non-hydrogen) atoms. The molecule has 0 bridgehead atoms. The molecule has 110 valence electrons. The highest BCUT2D eigenvalue weighted by atomic mass is 16.7. The van der Waals surface area contributed by atoms with E-state index in [1.807, 2.05) is 20.8 Å². The smallest absolute Gasteiger partial charge is 0.319 e. The van der Waals surface area contributed by atoms with Crippen LogP contribution in [0.4, 0.5) is 4.79 Å². The van der Waals surface area contributed by atoms with E-state index in [1.54, 1.807) is 23.9 Å². The third-order valence-corrected chi connectivity index (χ3v) is 2.98. The van der Waals surface area contributed by atoms with Crippen LogP contribution in [-0.4, -0.2) is 54.5 Å². The Bertz CT molecular complexity index is 329. The van der Waals surface area contributed by atoms with Crippen molar-refractivity contribution >= 4 is 11.9 Å². The lowest BCUT2D eigenvalue weighted by atomic mass is 9.96. The molecule has 0 spiro atoms. The zero-order valence-electron chi connectivity index (χ0n) is 12.5. The van der Waals surface area contributed by atoms with Crippen LogP contribution < -0.4 is 5.48 Å². The molecule has 0 aliphatic carbocycles. The summed E-state index contributed by atoms with van der Waals surface area (Å²) in [4.78, 5) is 32.3. The molecule has 0 saturated carbocycles. The number of nitrogens with zero attached hydrogens (tertiary/aromatic N) is 2. The van der Waals surface area contributed by atoms with Gasteiger partial charge in [0.2, 0.25) is 5.91 Å². The van der Waals surface area contributed by atoms with Gasteiger partial charge in [-0.25, -0.2) is 10.3 Å². The molecule has 1 aliphatic heterocycles. The van der Waals surface area contributed by atoms with Gasteiger partial charge in [0.05, 0.1) is 5.60 Å². The van der Waals surface area contributed by atoms with Gasteiger partial charge in [-0.1, -0.05) is 0 Å². The van der Waals surface area contributed by atoms with Crippen LogP contribution in [0.15, 0.2) is 0 Å². The van der Waals surface area contributed by atoms with Crippen molar-refractivity contribution in [2.45, 2.75) is 39.2 Å². The van der Waals surface area contributed by atoms with E-state index in [-0.39, 0.29) is 17.9 Å². The first-order valence-electron chi connectivity index (χ1n) is 6.65. The molecule has 6 nitrogen and oxygen atoms in total. The third-order valence-electron chi connectivity index (χ3n) is 2.98. The maximum absolute atomic E-state index is 11.9.